The maximum Gasteiger partial charge on any atom is 0.183 e. The Hall–Kier alpha value is -0.940. The predicted molar refractivity (Wildman–Crippen MR) is 111 cm³/mol. The van der Waals surface area contributed by atoms with Crippen LogP contribution in [-0.2, 0) is 25.4 Å². The van der Waals surface area contributed by atoms with Gasteiger partial charge in [-0.3, -0.25) is 0 Å². The van der Waals surface area contributed by atoms with Crippen LogP contribution in [0.4, 0.5) is 0 Å². The zero-order chi connectivity index (χ0) is 19.6. The van der Waals surface area contributed by atoms with Gasteiger partial charge >= 0.3 is 0 Å². The fraction of sp³-hybridized carbons (Fsp3) is 0.750. The Bertz CT molecular complexity index is 528. The lowest BCUT2D eigenvalue weighted by Crippen LogP contribution is -2.33. The van der Waals surface area contributed by atoms with Gasteiger partial charge in [-0.2, -0.15) is 0 Å². The van der Waals surface area contributed by atoms with E-state index in [1.165, 1.54) is 37.7 Å². The van der Waals surface area contributed by atoms with Crippen molar-refractivity contribution < 1.29 is 18.9 Å². The molecule has 4 heteroatoms. The number of hydrogen-bond acceptors (Lipinski definition) is 4. The SMILES string of the molecule is CCCCCC1COC(CCC2COC(c3ccc(CCC)cc3)OC2)OC1. The van der Waals surface area contributed by atoms with Gasteiger partial charge in [0.25, 0.3) is 0 Å². The van der Waals surface area contributed by atoms with Crippen LogP contribution in [0, 0.1) is 11.8 Å². The van der Waals surface area contributed by atoms with Gasteiger partial charge in [-0.15, -0.1) is 0 Å². The lowest BCUT2D eigenvalue weighted by atomic mass is 10.0. The van der Waals surface area contributed by atoms with Crippen LogP contribution >= 0.6 is 0 Å². The third-order valence-electron chi connectivity index (χ3n) is 5.82. The monoisotopic (exact) mass is 390 g/mol. The Balaban J connectivity index is 1.31. The van der Waals surface area contributed by atoms with E-state index in [1.54, 1.807) is 0 Å². The second-order valence-electron chi connectivity index (χ2n) is 8.39. The van der Waals surface area contributed by atoms with Crippen LogP contribution in [0.25, 0.3) is 0 Å². The Morgan fingerprint density at radius 2 is 1.36 bits per heavy atom. The molecule has 2 saturated heterocycles. The summed E-state index contributed by atoms with van der Waals surface area (Å²) < 4.78 is 23.8. The third-order valence-corrected chi connectivity index (χ3v) is 5.82. The van der Waals surface area contributed by atoms with Gasteiger partial charge in [0.15, 0.2) is 12.6 Å². The standard InChI is InChI=1S/C24H38O4/c1-3-5-6-8-20-15-25-23(26-16-20)14-11-21-17-27-24(28-18-21)22-12-9-19(7-4-2)10-13-22/h9-10,12-13,20-21,23-24H,3-8,11,14-18H2,1-2H3. The zero-order valence-electron chi connectivity index (χ0n) is 17.7. The molecular weight excluding hydrogens is 352 g/mol. The Labute approximate surface area is 170 Å². The molecule has 3 rings (SSSR count). The molecule has 0 bridgehead atoms. The Kier molecular flexibility index (Phi) is 9.26. The second kappa shape index (κ2) is 11.9. The molecule has 0 spiro atoms. The number of aryl methyl sites for hydroxylation is 1. The van der Waals surface area contributed by atoms with Crippen molar-refractivity contribution in [2.24, 2.45) is 11.8 Å². The summed E-state index contributed by atoms with van der Waals surface area (Å²) in [5, 5.41) is 0. The molecule has 1 aromatic carbocycles. The molecule has 0 atom stereocenters. The van der Waals surface area contributed by atoms with Gasteiger partial charge in [-0.25, -0.2) is 0 Å². The van der Waals surface area contributed by atoms with Gasteiger partial charge in [-0.05, 0) is 31.2 Å². The van der Waals surface area contributed by atoms with Gasteiger partial charge in [-0.1, -0.05) is 63.8 Å². The van der Waals surface area contributed by atoms with Gasteiger partial charge in [0.05, 0.1) is 26.4 Å². The summed E-state index contributed by atoms with van der Waals surface area (Å²) in [5.41, 5.74) is 2.49. The van der Waals surface area contributed by atoms with Crippen molar-refractivity contribution in [1.29, 1.82) is 0 Å². The highest BCUT2D eigenvalue weighted by Crippen LogP contribution is 2.28. The fourth-order valence-corrected chi connectivity index (χ4v) is 4.00. The smallest absolute Gasteiger partial charge is 0.183 e. The van der Waals surface area contributed by atoms with Gasteiger partial charge in [0, 0.05) is 17.4 Å². The highest BCUT2D eigenvalue weighted by atomic mass is 16.7. The highest BCUT2D eigenvalue weighted by molar-refractivity contribution is 5.23. The molecule has 0 saturated carbocycles. The molecular formula is C24H38O4. The van der Waals surface area contributed by atoms with Crippen LogP contribution in [-0.4, -0.2) is 32.7 Å². The van der Waals surface area contributed by atoms with Crippen molar-refractivity contribution in [3.8, 4) is 0 Å². The minimum Gasteiger partial charge on any atom is -0.352 e. The normalized spacial score (nSPS) is 28.4. The lowest BCUT2D eigenvalue weighted by molar-refractivity contribution is -0.220. The summed E-state index contributed by atoms with van der Waals surface area (Å²) >= 11 is 0. The Morgan fingerprint density at radius 1 is 0.714 bits per heavy atom. The molecule has 158 valence electrons. The minimum atomic E-state index is -0.224. The van der Waals surface area contributed by atoms with Crippen LogP contribution in [0.2, 0.25) is 0 Å². The molecule has 0 unspecified atom stereocenters. The number of unbranched alkanes of at least 4 members (excludes halogenated alkanes) is 2. The van der Waals surface area contributed by atoms with E-state index in [4.69, 9.17) is 18.9 Å². The number of hydrogen-bond donors (Lipinski definition) is 0. The molecule has 0 N–H and O–H groups in total. The van der Waals surface area contributed by atoms with Crippen molar-refractivity contribution in [2.75, 3.05) is 26.4 Å². The van der Waals surface area contributed by atoms with E-state index in [9.17, 15) is 0 Å². The number of benzene rings is 1. The van der Waals surface area contributed by atoms with Crippen molar-refractivity contribution in [3.05, 3.63) is 35.4 Å². The summed E-state index contributed by atoms with van der Waals surface area (Å²) in [6.45, 7) is 7.64. The average Bonchev–Trinajstić information content (AvgIpc) is 2.75. The summed E-state index contributed by atoms with van der Waals surface area (Å²) in [5.74, 6) is 0.999. The first-order valence-electron chi connectivity index (χ1n) is 11.3. The van der Waals surface area contributed by atoms with Gasteiger partial charge in [0.1, 0.15) is 0 Å². The van der Waals surface area contributed by atoms with Gasteiger partial charge < -0.3 is 18.9 Å². The van der Waals surface area contributed by atoms with E-state index >= 15 is 0 Å². The second-order valence-corrected chi connectivity index (χ2v) is 8.39. The van der Waals surface area contributed by atoms with Crippen LogP contribution in [0.5, 0.6) is 0 Å². The number of rotatable bonds is 10. The molecule has 2 heterocycles. The van der Waals surface area contributed by atoms with E-state index in [0.717, 1.165) is 51.3 Å². The fourth-order valence-electron chi connectivity index (χ4n) is 4.00. The van der Waals surface area contributed by atoms with Gasteiger partial charge in [0.2, 0.25) is 0 Å². The largest absolute Gasteiger partial charge is 0.352 e. The average molecular weight is 391 g/mol. The van der Waals surface area contributed by atoms with Crippen molar-refractivity contribution in [3.63, 3.8) is 0 Å². The van der Waals surface area contributed by atoms with Crippen molar-refractivity contribution >= 4 is 0 Å². The third kappa shape index (κ3) is 6.84. The Morgan fingerprint density at radius 3 is 2.00 bits per heavy atom. The maximum absolute atomic E-state index is 5.98. The first-order valence-corrected chi connectivity index (χ1v) is 11.3. The quantitative estimate of drug-likeness (QED) is 0.484. The maximum atomic E-state index is 5.98. The summed E-state index contributed by atoms with van der Waals surface area (Å²) in [4.78, 5) is 0. The first-order chi connectivity index (χ1) is 13.8. The molecule has 1 aromatic rings. The molecule has 0 radical (unpaired) electrons. The van der Waals surface area contributed by atoms with Crippen molar-refractivity contribution in [1.82, 2.24) is 0 Å². The van der Waals surface area contributed by atoms with Crippen molar-refractivity contribution in [2.45, 2.75) is 77.8 Å². The molecule has 28 heavy (non-hydrogen) atoms. The van der Waals surface area contributed by atoms with Crippen LogP contribution in [0.3, 0.4) is 0 Å². The number of ether oxygens (including phenoxy) is 4. The van der Waals surface area contributed by atoms with Crippen LogP contribution in [0.15, 0.2) is 24.3 Å². The first kappa shape index (κ1) is 21.8. The molecule has 2 fully saturated rings. The van der Waals surface area contributed by atoms with Crippen LogP contribution in [0.1, 0.15) is 76.2 Å². The van der Waals surface area contributed by atoms with E-state index < -0.39 is 0 Å². The molecule has 0 aliphatic carbocycles. The van der Waals surface area contributed by atoms with Crippen LogP contribution < -0.4 is 0 Å². The minimum absolute atomic E-state index is 0.0498. The zero-order valence-corrected chi connectivity index (χ0v) is 17.7. The van der Waals surface area contributed by atoms with E-state index in [-0.39, 0.29) is 12.6 Å². The molecule has 4 nitrogen and oxygen atoms in total. The molecule has 2 aliphatic rings. The molecule has 2 aliphatic heterocycles. The topological polar surface area (TPSA) is 36.9 Å². The molecule has 0 aromatic heterocycles. The summed E-state index contributed by atoms with van der Waals surface area (Å²) in [6, 6.07) is 8.64. The van der Waals surface area contributed by atoms with E-state index in [0.29, 0.717) is 11.8 Å². The summed E-state index contributed by atoms with van der Waals surface area (Å²) in [6.07, 6.45) is 9.07. The summed E-state index contributed by atoms with van der Waals surface area (Å²) in [7, 11) is 0. The van der Waals surface area contributed by atoms with E-state index in [2.05, 4.69) is 38.1 Å². The molecule has 0 amide bonds. The van der Waals surface area contributed by atoms with E-state index in [1.807, 2.05) is 0 Å². The predicted octanol–water partition coefficient (Wildman–Crippen LogP) is 5.65. The lowest BCUT2D eigenvalue weighted by Gasteiger charge is -2.32. The highest BCUT2D eigenvalue weighted by Gasteiger charge is 2.26.